The molecule has 1 heterocycles. The fourth-order valence-electron chi connectivity index (χ4n) is 2.22. The predicted octanol–water partition coefficient (Wildman–Crippen LogP) is 2.34. The minimum Gasteiger partial charge on any atom is -0.493 e. The molecule has 0 saturated carbocycles. The van der Waals surface area contributed by atoms with Gasteiger partial charge in [-0.1, -0.05) is 19.1 Å². The molecule has 0 bridgehead atoms. The maximum atomic E-state index is 11.8. The number of ketones is 1. The Labute approximate surface area is 109 Å². The Bertz CT molecular complexity index is 380. The highest BCUT2D eigenvalue weighted by molar-refractivity contribution is 5.84. The van der Waals surface area contributed by atoms with Gasteiger partial charge in [0.25, 0.3) is 0 Å². The Morgan fingerprint density at radius 2 is 2.17 bits per heavy atom. The lowest BCUT2D eigenvalue weighted by atomic mass is 10.1. The van der Waals surface area contributed by atoms with Crippen LogP contribution in [0, 0.1) is 0 Å². The third-order valence-electron chi connectivity index (χ3n) is 3.40. The first-order valence-electron chi connectivity index (χ1n) is 6.77. The molecule has 1 unspecified atom stereocenters. The van der Waals surface area contributed by atoms with Gasteiger partial charge in [-0.2, -0.15) is 0 Å². The van der Waals surface area contributed by atoms with E-state index in [1.165, 1.54) is 5.56 Å². The Morgan fingerprint density at radius 1 is 1.39 bits per heavy atom. The first-order valence-corrected chi connectivity index (χ1v) is 6.77. The van der Waals surface area contributed by atoms with Crippen molar-refractivity contribution in [3.63, 3.8) is 0 Å². The van der Waals surface area contributed by atoms with Crippen molar-refractivity contribution in [1.82, 2.24) is 5.32 Å². The van der Waals surface area contributed by atoms with E-state index < -0.39 is 0 Å². The van der Waals surface area contributed by atoms with Crippen molar-refractivity contribution in [2.24, 2.45) is 0 Å². The number of carbonyl (C=O) groups excluding carboxylic acids is 1. The van der Waals surface area contributed by atoms with Crippen LogP contribution in [-0.2, 0) is 11.2 Å². The number of benzene rings is 1. The molecule has 1 saturated heterocycles. The van der Waals surface area contributed by atoms with E-state index in [1.54, 1.807) is 0 Å². The van der Waals surface area contributed by atoms with E-state index in [2.05, 4.69) is 24.4 Å². The largest absolute Gasteiger partial charge is 0.493 e. The molecule has 1 fully saturated rings. The van der Waals surface area contributed by atoms with Crippen LogP contribution in [0.3, 0.4) is 0 Å². The normalized spacial score (nSPS) is 18.8. The van der Waals surface area contributed by atoms with Crippen LogP contribution in [0.15, 0.2) is 24.3 Å². The first-order chi connectivity index (χ1) is 8.79. The van der Waals surface area contributed by atoms with E-state index in [9.17, 15) is 4.79 Å². The monoisotopic (exact) mass is 247 g/mol. The van der Waals surface area contributed by atoms with Crippen molar-refractivity contribution in [3.8, 4) is 5.75 Å². The molecule has 1 N–H and O–H groups in total. The van der Waals surface area contributed by atoms with Gasteiger partial charge >= 0.3 is 0 Å². The summed E-state index contributed by atoms with van der Waals surface area (Å²) in [6.45, 7) is 3.57. The summed E-state index contributed by atoms with van der Waals surface area (Å²) in [5, 5.41) is 3.22. The number of hydrogen-bond donors (Lipinski definition) is 1. The lowest BCUT2D eigenvalue weighted by Gasteiger charge is -2.10. The van der Waals surface area contributed by atoms with E-state index in [1.807, 2.05) is 12.1 Å². The number of aryl methyl sites for hydroxylation is 1. The quantitative estimate of drug-likeness (QED) is 0.838. The van der Waals surface area contributed by atoms with Gasteiger partial charge < -0.3 is 10.1 Å². The number of nitrogens with one attached hydrogen (secondary N) is 1. The Hall–Kier alpha value is -1.35. The summed E-state index contributed by atoms with van der Waals surface area (Å²) in [6.07, 6.45) is 3.61. The SMILES string of the molecule is CCc1ccc(OCCC(=O)C2CCCN2)cc1. The van der Waals surface area contributed by atoms with Crippen LogP contribution < -0.4 is 10.1 Å². The summed E-state index contributed by atoms with van der Waals surface area (Å²) in [5.74, 6) is 1.12. The molecule has 1 aliphatic heterocycles. The van der Waals surface area contributed by atoms with Gasteiger partial charge in [-0.05, 0) is 43.5 Å². The van der Waals surface area contributed by atoms with E-state index in [0.29, 0.717) is 13.0 Å². The van der Waals surface area contributed by atoms with Crippen LogP contribution in [0.2, 0.25) is 0 Å². The van der Waals surface area contributed by atoms with Crippen molar-refractivity contribution in [1.29, 1.82) is 0 Å². The van der Waals surface area contributed by atoms with E-state index in [-0.39, 0.29) is 11.8 Å². The smallest absolute Gasteiger partial charge is 0.153 e. The molecular weight excluding hydrogens is 226 g/mol. The molecule has 3 heteroatoms. The van der Waals surface area contributed by atoms with Gasteiger partial charge in [-0.25, -0.2) is 0 Å². The highest BCUT2D eigenvalue weighted by Gasteiger charge is 2.21. The lowest BCUT2D eigenvalue weighted by Crippen LogP contribution is -2.31. The van der Waals surface area contributed by atoms with Gasteiger partial charge in [0.15, 0.2) is 5.78 Å². The molecule has 1 aliphatic rings. The molecule has 2 rings (SSSR count). The topological polar surface area (TPSA) is 38.3 Å². The van der Waals surface area contributed by atoms with Crippen molar-refractivity contribution in [2.75, 3.05) is 13.2 Å². The summed E-state index contributed by atoms with van der Waals surface area (Å²) >= 11 is 0. The summed E-state index contributed by atoms with van der Waals surface area (Å²) < 4.78 is 5.59. The Balaban J connectivity index is 1.72. The van der Waals surface area contributed by atoms with Crippen LogP contribution in [-0.4, -0.2) is 25.0 Å². The molecule has 98 valence electrons. The zero-order valence-electron chi connectivity index (χ0n) is 10.9. The average molecular weight is 247 g/mol. The Morgan fingerprint density at radius 3 is 2.78 bits per heavy atom. The zero-order valence-corrected chi connectivity index (χ0v) is 10.9. The first kappa shape index (κ1) is 13.1. The van der Waals surface area contributed by atoms with Crippen molar-refractivity contribution in [3.05, 3.63) is 29.8 Å². The van der Waals surface area contributed by atoms with Crippen molar-refractivity contribution >= 4 is 5.78 Å². The molecule has 0 amide bonds. The Kier molecular flexibility index (Phi) is 4.76. The highest BCUT2D eigenvalue weighted by atomic mass is 16.5. The standard InChI is InChI=1S/C15H21NO2/c1-2-12-5-7-13(8-6-12)18-11-9-15(17)14-4-3-10-16-14/h5-8,14,16H,2-4,9-11H2,1H3. The summed E-state index contributed by atoms with van der Waals surface area (Å²) in [6, 6.07) is 8.13. The lowest BCUT2D eigenvalue weighted by molar-refractivity contribution is -0.121. The summed E-state index contributed by atoms with van der Waals surface area (Å²) in [5.41, 5.74) is 1.30. The second-order valence-corrected chi connectivity index (χ2v) is 4.71. The molecule has 0 aromatic heterocycles. The third kappa shape index (κ3) is 3.57. The van der Waals surface area contributed by atoms with Gasteiger partial charge in [0.1, 0.15) is 5.75 Å². The third-order valence-corrected chi connectivity index (χ3v) is 3.40. The number of hydrogen-bond acceptors (Lipinski definition) is 3. The molecule has 1 aromatic rings. The molecule has 3 nitrogen and oxygen atoms in total. The van der Waals surface area contributed by atoms with Gasteiger partial charge in [-0.15, -0.1) is 0 Å². The number of rotatable bonds is 6. The second kappa shape index (κ2) is 6.55. The van der Waals surface area contributed by atoms with Crippen LogP contribution >= 0.6 is 0 Å². The minimum atomic E-state index is 0.0658. The number of carbonyl (C=O) groups is 1. The van der Waals surface area contributed by atoms with Crippen molar-refractivity contribution in [2.45, 2.75) is 38.6 Å². The van der Waals surface area contributed by atoms with Gasteiger partial charge in [-0.3, -0.25) is 4.79 Å². The highest BCUT2D eigenvalue weighted by Crippen LogP contribution is 2.13. The van der Waals surface area contributed by atoms with Gasteiger partial charge in [0.2, 0.25) is 0 Å². The van der Waals surface area contributed by atoms with Crippen LogP contribution in [0.4, 0.5) is 0 Å². The number of Topliss-reactive ketones (excluding diaryl/α,β-unsaturated/α-hetero) is 1. The number of ether oxygens (including phenoxy) is 1. The fourth-order valence-corrected chi connectivity index (χ4v) is 2.22. The molecule has 0 radical (unpaired) electrons. The van der Waals surface area contributed by atoms with E-state index in [4.69, 9.17) is 4.74 Å². The molecular formula is C15H21NO2. The molecule has 0 aliphatic carbocycles. The average Bonchev–Trinajstić information content (AvgIpc) is 2.93. The summed E-state index contributed by atoms with van der Waals surface area (Å²) in [7, 11) is 0. The van der Waals surface area contributed by atoms with Gasteiger partial charge in [0.05, 0.1) is 12.6 Å². The summed E-state index contributed by atoms with van der Waals surface area (Å²) in [4.78, 5) is 11.8. The minimum absolute atomic E-state index is 0.0658. The van der Waals surface area contributed by atoms with Crippen LogP contribution in [0.5, 0.6) is 5.75 Å². The van der Waals surface area contributed by atoms with Gasteiger partial charge in [0, 0.05) is 6.42 Å². The fraction of sp³-hybridized carbons (Fsp3) is 0.533. The van der Waals surface area contributed by atoms with E-state index in [0.717, 1.165) is 31.6 Å². The van der Waals surface area contributed by atoms with Crippen LogP contribution in [0.1, 0.15) is 31.7 Å². The van der Waals surface area contributed by atoms with Crippen LogP contribution in [0.25, 0.3) is 0 Å². The predicted molar refractivity (Wildman–Crippen MR) is 72.0 cm³/mol. The molecule has 1 aromatic carbocycles. The zero-order chi connectivity index (χ0) is 12.8. The van der Waals surface area contributed by atoms with Crippen molar-refractivity contribution < 1.29 is 9.53 Å². The molecule has 0 spiro atoms. The molecule has 18 heavy (non-hydrogen) atoms. The molecule has 1 atom stereocenters. The maximum absolute atomic E-state index is 11.8. The van der Waals surface area contributed by atoms with E-state index >= 15 is 0 Å². The second-order valence-electron chi connectivity index (χ2n) is 4.71. The maximum Gasteiger partial charge on any atom is 0.153 e.